The van der Waals surface area contributed by atoms with Crippen molar-refractivity contribution in [2.75, 3.05) is 29.7 Å². The minimum atomic E-state index is -3.44. The molecule has 0 unspecified atom stereocenters. The fourth-order valence-electron chi connectivity index (χ4n) is 2.50. The minimum Gasteiger partial charge on any atom is -0.399 e. The summed E-state index contributed by atoms with van der Waals surface area (Å²) in [5.74, 6) is 0. The molecule has 1 aliphatic heterocycles. The molecule has 0 spiro atoms. The van der Waals surface area contributed by atoms with Crippen LogP contribution in [0, 0.1) is 0 Å². The molecule has 0 saturated carbocycles. The van der Waals surface area contributed by atoms with E-state index in [-0.39, 0.29) is 0 Å². The number of nitrogen functional groups attached to an aromatic ring is 1. The maximum Gasteiger partial charge on any atom is 0.304 e. The van der Waals surface area contributed by atoms with Gasteiger partial charge in [0.15, 0.2) is 0 Å². The lowest BCUT2D eigenvalue weighted by molar-refractivity contribution is 0.345. The predicted octanol–water partition coefficient (Wildman–Crippen LogP) is 2.22. The molecule has 20 heavy (non-hydrogen) atoms. The molecule has 0 amide bonds. The van der Waals surface area contributed by atoms with Gasteiger partial charge >= 0.3 is 10.2 Å². The Labute approximate surface area is 121 Å². The molecule has 1 saturated heterocycles. The van der Waals surface area contributed by atoms with E-state index in [1.54, 1.807) is 28.6 Å². The molecule has 112 valence electrons. The van der Waals surface area contributed by atoms with Crippen LogP contribution >= 0.6 is 0 Å². The van der Waals surface area contributed by atoms with E-state index in [2.05, 4.69) is 0 Å². The van der Waals surface area contributed by atoms with Crippen molar-refractivity contribution in [1.82, 2.24) is 4.31 Å². The highest BCUT2D eigenvalue weighted by Gasteiger charge is 2.30. The zero-order chi connectivity index (χ0) is 14.6. The van der Waals surface area contributed by atoms with Crippen molar-refractivity contribution in [2.45, 2.75) is 32.6 Å². The van der Waals surface area contributed by atoms with E-state index in [1.807, 2.05) is 6.92 Å². The first-order valence-electron chi connectivity index (χ1n) is 7.19. The lowest BCUT2D eigenvalue weighted by Crippen LogP contribution is -2.46. The zero-order valence-corrected chi connectivity index (χ0v) is 12.8. The van der Waals surface area contributed by atoms with Crippen molar-refractivity contribution in [1.29, 1.82) is 0 Å². The van der Waals surface area contributed by atoms with Crippen LogP contribution in [0.15, 0.2) is 24.3 Å². The van der Waals surface area contributed by atoms with Crippen LogP contribution in [0.1, 0.15) is 32.6 Å². The number of hydrogen-bond acceptors (Lipinski definition) is 3. The zero-order valence-electron chi connectivity index (χ0n) is 12.0. The summed E-state index contributed by atoms with van der Waals surface area (Å²) >= 11 is 0. The summed E-state index contributed by atoms with van der Waals surface area (Å²) in [5.41, 5.74) is 7.01. The molecule has 2 rings (SSSR count). The lowest BCUT2D eigenvalue weighted by atomic mass is 10.2. The van der Waals surface area contributed by atoms with Crippen LogP contribution in [0.25, 0.3) is 0 Å². The summed E-state index contributed by atoms with van der Waals surface area (Å²) in [6.07, 6.45) is 3.76. The first-order chi connectivity index (χ1) is 9.55. The van der Waals surface area contributed by atoms with Gasteiger partial charge in [0.1, 0.15) is 0 Å². The Kier molecular flexibility index (Phi) is 4.88. The normalized spacial score (nSPS) is 17.1. The smallest absolute Gasteiger partial charge is 0.304 e. The van der Waals surface area contributed by atoms with Gasteiger partial charge in [0, 0.05) is 25.3 Å². The van der Waals surface area contributed by atoms with Crippen molar-refractivity contribution < 1.29 is 8.42 Å². The Balaban J connectivity index is 2.31. The first kappa shape index (κ1) is 15.1. The Hall–Kier alpha value is -1.27. The maximum atomic E-state index is 12.8. The second-order valence-corrected chi connectivity index (χ2v) is 6.99. The van der Waals surface area contributed by atoms with E-state index in [0.717, 1.165) is 25.7 Å². The van der Waals surface area contributed by atoms with E-state index >= 15 is 0 Å². The number of piperidine rings is 1. The number of nitrogens with zero attached hydrogens (tertiary/aromatic N) is 2. The Morgan fingerprint density at radius 1 is 1.25 bits per heavy atom. The highest BCUT2D eigenvalue weighted by molar-refractivity contribution is 7.90. The number of hydrogen-bond donors (Lipinski definition) is 1. The molecular formula is C14H23N3O2S. The van der Waals surface area contributed by atoms with Gasteiger partial charge in [-0.1, -0.05) is 19.4 Å². The van der Waals surface area contributed by atoms with Crippen LogP contribution in [0.2, 0.25) is 0 Å². The topological polar surface area (TPSA) is 66.6 Å². The Morgan fingerprint density at radius 3 is 2.55 bits per heavy atom. The van der Waals surface area contributed by atoms with Gasteiger partial charge in [-0.2, -0.15) is 12.7 Å². The summed E-state index contributed by atoms with van der Waals surface area (Å²) in [6, 6.07) is 7.07. The maximum absolute atomic E-state index is 12.8. The van der Waals surface area contributed by atoms with Crippen LogP contribution in [0.4, 0.5) is 11.4 Å². The van der Waals surface area contributed by atoms with Gasteiger partial charge in [0.25, 0.3) is 0 Å². The van der Waals surface area contributed by atoms with E-state index in [9.17, 15) is 8.42 Å². The molecule has 0 atom stereocenters. The molecule has 1 aromatic rings. The average Bonchev–Trinajstić information content (AvgIpc) is 2.45. The van der Waals surface area contributed by atoms with Gasteiger partial charge in [-0.3, -0.25) is 4.31 Å². The SMILES string of the molecule is CCCN(c1cccc(N)c1)S(=O)(=O)N1CCCCC1. The quantitative estimate of drug-likeness (QED) is 0.847. The molecular weight excluding hydrogens is 274 g/mol. The molecule has 1 fully saturated rings. The number of nitrogens with two attached hydrogens (primary N) is 1. The molecule has 2 N–H and O–H groups in total. The average molecular weight is 297 g/mol. The summed E-state index contributed by atoms with van der Waals surface area (Å²) in [4.78, 5) is 0. The molecule has 5 nitrogen and oxygen atoms in total. The molecule has 1 aromatic carbocycles. The van der Waals surface area contributed by atoms with Crippen LogP contribution in [0.5, 0.6) is 0 Å². The molecule has 1 heterocycles. The van der Waals surface area contributed by atoms with Crippen LogP contribution in [-0.2, 0) is 10.2 Å². The monoisotopic (exact) mass is 297 g/mol. The molecule has 0 bridgehead atoms. The van der Waals surface area contributed by atoms with Crippen LogP contribution < -0.4 is 10.0 Å². The van der Waals surface area contributed by atoms with Gasteiger partial charge in [-0.15, -0.1) is 0 Å². The van der Waals surface area contributed by atoms with E-state index in [4.69, 9.17) is 5.73 Å². The largest absolute Gasteiger partial charge is 0.399 e. The second-order valence-electron chi connectivity index (χ2n) is 5.13. The molecule has 0 aliphatic carbocycles. The fourth-order valence-corrected chi connectivity index (χ4v) is 4.29. The number of rotatable bonds is 5. The van der Waals surface area contributed by atoms with Crippen molar-refractivity contribution in [3.8, 4) is 0 Å². The van der Waals surface area contributed by atoms with Gasteiger partial charge in [0.05, 0.1) is 5.69 Å². The molecule has 1 aliphatic rings. The highest BCUT2D eigenvalue weighted by Crippen LogP contribution is 2.25. The standard InChI is InChI=1S/C14H23N3O2S/c1-2-9-17(14-8-6-7-13(15)12-14)20(18,19)16-10-4-3-5-11-16/h6-8,12H,2-5,9-11,15H2,1H3. The van der Waals surface area contributed by atoms with Gasteiger partial charge in [0.2, 0.25) is 0 Å². The molecule has 0 aromatic heterocycles. The summed E-state index contributed by atoms with van der Waals surface area (Å²) in [5, 5.41) is 0. The molecule has 0 radical (unpaired) electrons. The summed E-state index contributed by atoms with van der Waals surface area (Å²) in [6.45, 7) is 3.68. The summed E-state index contributed by atoms with van der Waals surface area (Å²) in [7, 11) is -3.44. The third-order valence-corrected chi connectivity index (χ3v) is 5.47. The number of anilines is 2. The lowest BCUT2D eigenvalue weighted by Gasteiger charge is -2.33. The third kappa shape index (κ3) is 3.24. The van der Waals surface area contributed by atoms with Crippen molar-refractivity contribution >= 4 is 21.6 Å². The predicted molar refractivity (Wildman–Crippen MR) is 82.8 cm³/mol. The van der Waals surface area contributed by atoms with Gasteiger partial charge in [-0.25, -0.2) is 0 Å². The van der Waals surface area contributed by atoms with Crippen LogP contribution in [-0.4, -0.2) is 32.4 Å². The van der Waals surface area contributed by atoms with Crippen LogP contribution in [0.3, 0.4) is 0 Å². The third-order valence-electron chi connectivity index (χ3n) is 3.50. The van der Waals surface area contributed by atoms with E-state index in [1.165, 1.54) is 4.31 Å². The first-order valence-corrected chi connectivity index (χ1v) is 8.58. The summed E-state index contributed by atoms with van der Waals surface area (Å²) < 4.78 is 28.7. The second kappa shape index (κ2) is 6.45. The Bertz CT molecular complexity index is 539. The van der Waals surface area contributed by atoms with E-state index < -0.39 is 10.2 Å². The minimum absolute atomic E-state index is 0.474. The Morgan fingerprint density at radius 2 is 1.95 bits per heavy atom. The van der Waals surface area contributed by atoms with Crippen molar-refractivity contribution in [2.24, 2.45) is 0 Å². The van der Waals surface area contributed by atoms with E-state index in [0.29, 0.717) is 31.0 Å². The van der Waals surface area contributed by atoms with Gasteiger partial charge < -0.3 is 5.73 Å². The van der Waals surface area contributed by atoms with Crippen molar-refractivity contribution in [3.63, 3.8) is 0 Å². The fraction of sp³-hybridized carbons (Fsp3) is 0.571. The van der Waals surface area contributed by atoms with Crippen molar-refractivity contribution in [3.05, 3.63) is 24.3 Å². The number of benzene rings is 1. The van der Waals surface area contributed by atoms with Gasteiger partial charge in [-0.05, 0) is 37.5 Å². The molecule has 6 heteroatoms. The highest BCUT2D eigenvalue weighted by atomic mass is 32.2.